The molecule has 45 heavy (non-hydrogen) atoms. The first kappa shape index (κ1) is 34.0. The number of carbonyl (C=O) groups excluding carboxylic acids is 1. The van der Waals surface area contributed by atoms with Crippen LogP contribution in [0.2, 0.25) is 0 Å². The minimum absolute atomic E-state index is 0.0267. The Hall–Kier alpha value is -3.89. The van der Waals surface area contributed by atoms with Crippen molar-refractivity contribution in [3.05, 3.63) is 44.4 Å². The van der Waals surface area contributed by atoms with Gasteiger partial charge in [-0.2, -0.15) is 5.10 Å². The van der Waals surface area contributed by atoms with Crippen molar-refractivity contribution in [1.29, 1.82) is 0 Å². The molecule has 2 aromatic heterocycles. The zero-order valence-electron chi connectivity index (χ0n) is 26.0. The average Bonchev–Trinajstić information content (AvgIpc) is 3.34. The third-order valence-electron chi connectivity index (χ3n) is 7.42. The summed E-state index contributed by atoms with van der Waals surface area (Å²) in [7, 11) is 0.272. The van der Waals surface area contributed by atoms with Crippen LogP contribution in [-0.4, -0.2) is 96.8 Å². The van der Waals surface area contributed by atoms with Gasteiger partial charge in [-0.15, -0.1) is 10.1 Å². The topological polar surface area (TPSA) is 175 Å². The lowest BCUT2D eigenvalue weighted by atomic mass is 10.1. The van der Waals surface area contributed by atoms with Gasteiger partial charge in [0.1, 0.15) is 34.7 Å². The van der Waals surface area contributed by atoms with Crippen LogP contribution in [-0.2, 0) is 38.8 Å². The van der Waals surface area contributed by atoms with Crippen LogP contribution < -0.4 is 10.3 Å². The zero-order valence-corrected chi connectivity index (χ0v) is 26.8. The number of aromatic nitrogens is 4. The van der Waals surface area contributed by atoms with Crippen LogP contribution >= 0.6 is 0 Å². The number of carbonyl (C=O) groups is 1. The molecule has 15 nitrogen and oxygen atoms in total. The van der Waals surface area contributed by atoms with E-state index in [9.17, 15) is 23.9 Å². The smallest absolute Gasteiger partial charge is 0.305 e. The molecule has 1 aromatic carbocycles. The molecule has 1 unspecified atom stereocenters. The number of piperazine rings is 1. The third-order valence-corrected chi connectivity index (χ3v) is 8.91. The third kappa shape index (κ3) is 9.08. The van der Waals surface area contributed by atoms with Gasteiger partial charge in [0, 0.05) is 46.2 Å². The Morgan fingerprint density at radius 3 is 2.62 bits per heavy atom. The molecule has 1 N–H and O–H groups in total. The van der Waals surface area contributed by atoms with Gasteiger partial charge in [-0.3, -0.25) is 19.2 Å². The number of hydrogen-bond acceptors (Lipinski definition) is 11. The number of unbranched alkanes of at least 4 members (excludes halogenated alkanes) is 2. The molecule has 1 fully saturated rings. The number of fused-ring (bicyclic) bond motifs is 1. The first-order valence-corrected chi connectivity index (χ1v) is 16.4. The highest BCUT2D eigenvalue weighted by atomic mass is 32.2. The molecule has 0 amide bonds. The first-order valence-electron chi connectivity index (χ1n) is 15.3. The van der Waals surface area contributed by atoms with Crippen molar-refractivity contribution in [2.24, 2.45) is 7.05 Å². The van der Waals surface area contributed by atoms with E-state index in [-0.39, 0.29) is 31.2 Å². The number of ether oxygens (including phenoxy) is 2. The van der Waals surface area contributed by atoms with Crippen LogP contribution in [0, 0.1) is 10.1 Å². The van der Waals surface area contributed by atoms with Gasteiger partial charge in [-0.25, -0.2) is 13.5 Å². The van der Waals surface area contributed by atoms with E-state index in [1.807, 2.05) is 18.2 Å². The number of esters is 1. The summed E-state index contributed by atoms with van der Waals surface area (Å²) in [4.78, 5) is 49.8. The highest BCUT2D eigenvalue weighted by Gasteiger charge is 2.24. The molecule has 0 bridgehead atoms. The molecule has 0 saturated carbocycles. The number of benzene rings is 1. The second-order valence-corrected chi connectivity index (χ2v) is 12.1. The Morgan fingerprint density at radius 1 is 1.13 bits per heavy atom. The van der Waals surface area contributed by atoms with E-state index in [1.165, 1.54) is 0 Å². The van der Waals surface area contributed by atoms with Crippen molar-refractivity contribution in [1.82, 2.24) is 29.0 Å². The minimum Gasteiger partial charge on any atom is -0.493 e. The highest BCUT2D eigenvalue weighted by molar-refractivity contribution is 7.82. The largest absolute Gasteiger partial charge is 0.493 e. The van der Waals surface area contributed by atoms with Crippen LogP contribution in [0.3, 0.4) is 0 Å². The van der Waals surface area contributed by atoms with E-state index in [0.717, 1.165) is 12.1 Å². The maximum atomic E-state index is 13.6. The van der Waals surface area contributed by atoms with Crippen LogP contribution in [0.5, 0.6) is 5.75 Å². The van der Waals surface area contributed by atoms with Gasteiger partial charge in [-0.1, -0.05) is 19.8 Å². The maximum absolute atomic E-state index is 13.6. The van der Waals surface area contributed by atoms with Crippen LogP contribution in [0.15, 0.2) is 27.9 Å². The summed E-state index contributed by atoms with van der Waals surface area (Å²) in [6.07, 6.45) is 3.55. The summed E-state index contributed by atoms with van der Waals surface area (Å²) < 4.78 is 28.3. The van der Waals surface area contributed by atoms with Gasteiger partial charge in [0.05, 0.1) is 29.4 Å². The summed E-state index contributed by atoms with van der Waals surface area (Å²) in [5.41, 5.74) is 1.96. The molecule has 3 heterocycles. The number of nitrogens with zero attached hydrogens (tertiary/aromatic N) is 6. The Kier molecular flexibility index (Phi) is 12.4. The molecule has 16 heteroatoms. The molecule has 1 aliphatic heterocycles. The summed E-state index contributed by atoms with van der Waals surface area (Å²) in [6, 6.07) is 5.30. The quantitative estimate of drug-likeness (QED) is 0.0987. The summed E-state index contributed by atoms with van der Waals surface area (Å²) >= 11 is 0. The normalized spacial score (nSPS) is 14.8. The molecule has 246 valence electrons. The molecular formula is C29H41N7O8S. The number of nitrogens with one attached hydrogen (secondary N) is 1. The Morgan fingerprint density at radius 2 is 1.91 bits per heavy atom. The van der Waals surface area contributed by atoms with Crippen molar-refractivity contribution in [3.63, 3.8) is 0 Å². The van der Waals surface area contributed by atoms with Crippen LogP contribution in [0.25, 0.3) is 22.4 Å². The molecule has 1 aliphatic rings. The first-order chi connectivity index (χ1) is 21.7. The van der Waals surface area contributed by atoms with Gasteiger partial charge < -0.3 is 19.3 Å². The second-order valence-electron chi connectivity index (χ2n) is 10.6. The van der Waals surface area contributed by atoms with Crippen LogP contribution in [0.1, 0.15) is 51.6 Å². The maximum Gasteiger partial charge on any atom is 0.305 e. The minimum atomic E-state index is -1.46. The Balaban J connectivity index is 1.34. The van der Waals surface area contributed by atoms with Crippen molar-refractivity contribution in [2.75, 3.05) is 52.5 Å². The molecular weight excluding hydrogens is 606 g/mol. The van der Waals surface area contributed by atoms with Gasteiger partial charge in [-0.05, 0) is 44.4 Å². The lowest BCUT2D eigenvalue weighted by Crippen LogP contribution is -2.47. The molecule has 0 radical (unpaired) electrons. The number of hydrogen-bond donors (Lipinski definition) is 1. The van der Waals surface area contributed by atoms with E-state index < -0.39 is 16.1 Å². The summed E-state index contributed by atoms with van der Waals surface area (Å²) in [6.45, 7) is 7.65. The fraction of sp³-hybridized carbons (Fsp3) is 0.586. The van der Waals surface area contributed by atoms with Crippen molar-refractivity contribution in [2.45, 2.75) is 57.3 Å². The van der Waals surface area contributed by atoms with Gasteiger partial charge >= 0.3 is 5.97 Å². The summed E-state index contributed by atoms with van der Waals surface area (Å²) in [5, 5.41) is 13.8. The predicted molar refractivity (Wildman–Crippen MR) is 167 cm³/mol. The van der Waals surface area contributed by atoms with E-state index in [2.05, 4.69) is 19.8 Å². The van der Waals surface area contributed by atoms with Crippen molar-refractivity contribution < 1.29 is 28.4 Å². The average molecular weight is 648 g/mol. The van der Waals surface area contributed by atoms with E-state index >= 15 is 0 Å². The highest BCUT2D eigenvalue weighted by Crippen LogP contribution is 2.31. The second kappa shape index (κ2) is 16.4. The predicted octanol–water partition coefficient (Wildman–Crippen LogP) is 2.63. The van der Waals surface area contributed by atoms with Gasteiger partial charge in [0.15, 0.2) is 5.52 Å². The Bertz CT molecular complexity index is 1550. The molecule has 0 spiro atoms. The van der Waals surface area contributed by atoms with E-state index in [1.54, 1.807) is 29.9 Å². The molecule has 1 saturated heterocycles. The fourth-order valence-electron chi connectivity index (χ4n) is 5.18. The molecule has 0 aliphatic carbocycles. The standard InChI is InChI=1S/C29H41N7O8S/c1-4-9-23-26-27(33(3)32-23)29(38)31-28(30-26)22-20-21(11-12-24(22)42-5-2)45(41)35-15-13-34(14-16-35)17-19-43-25(37)10-7-6-8-18-44-36(39)40/h11-12,20H,4-10,13-19H2,1-3H3,(H,30,31,38). The van der Waals surface area contributed by atoms with E-state index in [4.69, 9.17) is 14.5 Å². The SMILES string of the molecule is CCCc1nn(C)c2c(=O)[nH]c(-c3cc(S(=O)N4CCN(CCOC(=O)CCCCCO[N+](=O)[O-])CC4)ccc3OCC)nc12. The lowest BCUT2D eigenvalue weighted by Gasteiger charge is -2.33. The Labute approximate surface area is 263 Å². The fourth-order valence-corrected chi connectivity index (χ4v) is 6.38. The monoisotopic (exact) mass is 647 g/mol. The lowest BCUT2D eigenvalue weighted by molar-refractivity contribution is -0.757. The summed E-state index contributed by atoms with van der Waals surface area (Å²) in [5.74, 6) is 0.574. The molecule has 1 atom stereocenters. The zero-order chi connectivity index (χ0) is 32.3. The number of H-pyrrole nitrogens is 1. The van der Waals surface area contributed by atoms with Crippen LogP contribution in [0.4, 0.5) is 0 Å². The molecule has 4 rings (SSSR count). The van der Waals surface area contributed by atoms with E-state index in [0.29, 0.717) is 98.1 Å². The molecule has 3 aromatic rings. The van der Waals surface area contributed by atoms with Crippen molar-refractivity contribution >= 4 is 28.0 Å². The number of aromatic amines is 1. The number of rotatable bonds is 17. The van der Waals surface area contributed by atoms with Crippen molar-refractivity contribution in [3.8, 4) is 17.1 Å². The number of aryl methyl sites for hydroxylation is 2. The van der Waals surface area contributed by atoms with Gasteiger partial charge in [0.2, 0.25) is 0 Å². The van der Waals surface area contributed by atoms with Gasteiger partial charge in [0.25, 0.3) is 10.6 Å².